The van der Waals surface area contributed by atoms with Gasteiger partial charge in [-0.1, -0.05) is 29.8 Å². The molecule has 112 valence electrons. The van der Waals surface area contributed by atoms with Gasteiger partial charge < -0.3 is 14.8 Å². The van der Waals surface area contributed by atoms with Gasteiger partial charge in [-0.05, 0) is 18.2 Å². The molecule has 0 saturated carbocycles. The summed E-state index contributed by atoms with van der Waals surface area (Å²) in [7, 11) is 1.66. The lowest BCUT2D eigenvalue weighted by Gasteiger charge is -2.12. The molecular formula is C16H17ClFNO2. The second-order valence-corrected chi connectivity index (χ2v) is 4.86. The molecule has 21 heavy (non-hydrogen) atoms. The first-order chi connectivity index (χ1) is 10.2. The van der Waals surface area contributed by atoms with E-state index in [-0.39, 0.29) is 5.02 Å². The fourth-order valence-electron chi connectivity index (χ4n) is 1.81. The maximum absolute atomic E-state index is 13.4. The van der Waals surface area contributed by atoms with Gasteiger partial charge in [-0.25, -0.2) is 4.39 Å². The normalized spacial score (nSPS) is 10.6. The van der Waals surface area contributed by atoms with Gasteiger partial charge in [-0.2, -0.15) is 0 Å². The number of nitrogens with one attached hydrogen (secondary N) is 1. The Morgan fingerprint density at radius 2 is 2.00 bits per heavy atom. The highest BCUT2D eigenvalue weighted by molar-refractivity contribution is 6.30. The second-order valence-electron chi connectivity index (χ2n) is 4.46. The van der Waals surface area contributed by atoms with E-state index in [0.717, 1.165) is 12.1 Å². The number of ether oxygens (including phenoxy) is 2. The van der Waals surface area contributed by atoms with E-state index in [1.165, 1.54) is 12.1 Å². The summed E-state index contributed by atoms with van der Waals surface area (Å²) in [6.07, 6.45) is 0. The van der Waals surface area contributed by atoms with E-state index >= 15 is 0 Å². The first-order valence-corrected chi connectivity index (χ1v) is 6.99. The number of hydrogen-bond acceptors (Lipinski definition) is 3. The molecule has 0 radical (unpaired) electrons. The van der Waals surface area contributed by atoms with E-state index in [2.05, 4.69) is 5.32 Å². The lowest BCUT2D eigenvalue weighted by atomic mass is 10.2. The summed E-state index contributed by atoms with van der Waals surface area (Å²) < 4.78 is 24.1. The van der Waals surface area contributed by atoms with Crippen molar-refractivity contribution in [2.75, 3.05) is 20.3 Å². The summed E-state index contributed by atoms with van der Waals surface area (Å²) in [5, 5.41) is 3.33. The van der Waals surface area contributed by atoms with Crippen LogP contribution in [-0.2, 0) is 11.3 Å². The van der Waals surface area contributed by atoms with Gasteiger partial charge in [0.15, 0.2) is 0 Å². The average molecular weight is 310 g/mol. The number of benzene rings is 2. The van der Waals surface area contributed by atoms with Gasteiger partial charge in [0.05, 0.1) is 11.6 Å². The van der Waals surface area contributed by atoms with Crippen molar-refractivity contribution in [2.45, 2.75) is 6.54 Å². The predicted octanol–water partition coefficient (Wildman–Crippen LogP) is 4.01. The second kappa shape index (κ2) is 7.98. The predicted molar refractivity (Wildman–Crippen MR) is 81.5 cm³/mol. The fourth-order valence-corrected chi connectivity index (χ4v) is 1.93. The third kappa shape index (κ3) is 4.70. The number of halogens is 2. The fraction of sp³-hybridized carbons (Fsp3) is 0.250. The maximum Gasteiger partial charge on any atom is 0.145 e. The molecule has 0 aliphatic heterocycles. The summed E-state index contributed by atoms with van der Waals surface area (Å²) in [6, 6.07) is 12.0. The molecule has 0 bridgehead atoms. The van der Waals surface area contributed by atoms with Crippen LogP contribution >= 0.6 is 11.6 Å². The van der Waals surface area contributed by atoms with Crippen LogP contribution in [0.2, 0.25) is 5.02 Å². The van der Waals surface area contributed by atoms with Crippen LogP contribution in [0.4, 0.5) is 4.39 Å². The summed E-state index contributed by atoms with van der Waals surface area (Å²) in [4.78, 5) is 0. The summed E-state index contributed by atoms with van der Waals surface area (Å²) in [6.45, 7) is 2.04. The van der Waals surface area contributed by atoms with Crippen molar-refractivity contribution in [3.8, 4) is 11.5 Å². The Hall–Kier alpha value is -1.62. The van der Waals surface area contributed by atoms with Crippen LogP contribution < -0.4 is 10.1 Å². The van der Waals surface area contributed by atoms with E-state index in [1.807, 2.05) is 24.3 Å². The van der Waals surface area contributed by atoms with Gasteiger partial charge in [0.2, 0.25) is 0 Å². The summed E-state index contributed by atoms with van der Waals surface area (Å²) in [5.41, 5.74) is 0.990. The third-order valence-corrected chi connectivity index (χ3v) is 3.20. The number of rotatable bonds is 7. The minimum atomic E-state index is -0.495. The van der Waals surface area contributed by atoms with E-state index in [4.69, 9.17) is 21.1 Å². The Morgan fingerprint density at radius 3 is 2.76 bits per heavy atom. The Morgan fingerprint density at radius 1 is 1.19 bits per heavy atom. The van der Waals surface area contributed by atoms with Gasteiger partial charge in [-0.15, -0.1) is 0 Å². The van der Waals surface area contributed by atoms with Gasteiger partial charge in [0.1, 0.15) is 17.3 Å². The molecule has 0 heterocycles. The lowest BCUT2D eigenvalue weighted by molar-refractivity contribution is 0.199. The third-order valence-electron chi connectivity index (χ3n) is 2.89. The van der Waals surface area contributed by atoms with Gasteiger partial charge in [0, 0.05) is 31.8 Å². The quantitative estimate of drug-likeness (QED) is 0.784. The van der Waals surface area contributed by atoms with Crippen LogP contribution in [0.25, 0.3) is 0 Å². The smallest absolute Gasteiger partial charge is 0.145 e. The Balaban J connectivity index is 2.06. The molecule has 2 rings (SSSR count). The molecule has 0 aliphatic carbocycles. The molecule has 0 fully saturated rings. The molecule has 2 aromatic rings. The van der Waals surface area contributed by atoms with Crippen molar-refractivity contribution < 1.29 is 13.9 Å². The number of hydrogen-bond donors (Lipinski definition) is 1. The molecule has 0 aromatic heterocycles. The largest absolute Gasteiger partial charge is 0.457 e. The number of methoxy groups -OCH3 is 1. The zero-order valence-electron chi connectivity index (χ0n) is 11.7. The number of para-hydroxylation sites is 1. The van der Waals surface area contributed by atoms with Crippen molar-refractivity contribution in [1.29, 1.82) is 0 Å². The maximum atomic E-state index is 13.4. The van der Waals surface area contributed by atoms with Crippen molar-refractivity contribution in [3.63, 3.8) is 0 Å². The molecule has 5 heteroatoms. The Kier molecular flexibility index (Phi) is 5.99. The minimum Gasteiger partial charge on any atom is -0.457 e. The molecule has 0 unspecified atom stereocenters. The zero-order valence-corrected chi connectivity index (χ0v) is 12.5. The lowest BCUT2D eigenvalue weighted by Crippen LogP contribution is -2.18. The van der Waals surface area contributed by atoms with Gasteiger partial charge >= 0.3 is 0 Å². The van der Waals surface area contributed by atoms with E-state index in [9.17, 15) is 4.39 Å². The summed E-state index contributed by atoms with van der Waals surface area (Å²) in [5.74, 6) is 0.607. The highest BCUT2D eigenvalue weighted by Gasteiger charge is 2.06. The molecule has 3 nitrogen and oxygen atoms in total. The Labute approximate surface area is 128 Å². The van der Waals surface area contributed by atoms with Gasteiger partial charge in [-0.3, -0.25) is 0 Å². The molecule has 1 N–H and O–H groups in total. The standard InChI is InChI=1S/C16H17ClFNO2/c1-20-9-8-19-11-12-4-2-3-5-16(12)21-13-6-7-14(17)15(18)10-13/h2-7,10,19H,8-9,11H2,1H3. The highest BCUT2D eigenvalue weighted by atomic mass is 35.5. The van der Waals surface area contributed by atoms with Crippen LogP contribution in [-0.4, -0.2) is 20.3 Å². The van der Waals surface area contributed by atoms with Crippen molar-refractivity contribution in [1.82, 2.24) is 5.32 Å². The minimum absolute atomic E-state index is 0.0804. The van der Waals surface area contributed by atoms with Crippen LogP contribution in [0.3, 0.4) is 0 Å². The van der Waals surface area contributed by atoms with Gasteiger partial charge in [0.25, 0.3) is 0 Å². The zero-order chi connectivity index (χ0) is 15.1. The topological polar surface area (TPSA) is 30.5 Å². The molecule has 0 amide bonds. The van der Waals surface area contributed by atoms with Crippen molar-refractivity contribution >= 4 is 11.6 Å². The van der Waals surface area contributed by atoms with E-state index in [1.54, 1.807) is 13.2 Å². The Bertz CT molecular complexity index is 592. The van der Waals surface area contributed by atoms with Crippen molar-refractivity contribution in [2.24, 2.45) is 0 Å². The van der Waals surface area contributed by atoms with Crippen LogP contribution in [0, 0.1) is 5.82 Å². The molecular weight excluding hydrogens is 293 g/mol. The SMILES string of the molecule is COCCNCc1ccccc1Oc1ccc(Cl)c(F)c1. The van der Waals surface area contributed by atoms with Crippen LogP contribution in [0.15, 0.2) is 42.5 Å². The molecule has 0 aliphatic rings. The average Bonchev–Trinajstić information content (AvgIpc) is 2.49. The van der Waals surface area contributed by atoms with E-state index in [0.29, 0.717) is 24.7 Å². The molecule has 2 aromatic carbocycles. The molecule has 0 saturated heterocycles. The van der Waals surface area contributed by atoms with Crippen LogP contribution in [0.5, 0.6) is 11.5 Å². The molecule has 0 atom stereocenters. The monoisotopic (exact) mass is 309 g/mol. The first kappa shape index (κ1) is 15.8. The summed E-state index contributed by atoms with van der Waals surface area (Å²) >= 11 is 5.66. The van der Waals surface area contributed by atoms with Crippen molar-refractivity contribution in [3.05, 3.63) is 58.9 Å². The van der Waals surface area contributed by atoms with Crippen LogP contribution in [0.1, 0.15) is 5.56 Å². The molecule has 0 spiro atoms. The highest BCUT2D eigenvalue weighted by Crippen LogP contribution is 2.27. The van der Waals surface area contributed by atoms with E-state index < -0.39 is 5.82 Å². The first-order valence-electron chi connectivity index (χ1n) is 6.61.